The quantitative estimate of drug-likeness (QED) is 0.762. The number of amides is 2. The van der Waals surface area contributed by atoms with Crippen LogP contribution >= 0.6 is 0 Å². The van der Waals surface area contributed by atoms with Gasteiger partial charge in [-0.3, -0.25) is 0 Å². The Morgan fingerprint density at radius 1 is 1.17 bits per heavy atom. The number of aliphatic hydroxyl groups is 1. The standard InChI is InChI=1S/C18H21FN2O3/c1-12(14-8-9-15(19)17(10-14)24-2)20-18(23)21-16(11-22)13-6-4-3-5-7-13/h3-10,12,16,22H,11H2,1-2H3,(H2,20,21,23)/t12?,16-/m1/s1. The number of rotatable bonds is 6. The second-order valence-electron chi connectivity index (χ2n) is 5.38. The molecule has 0 fully saturated rings. The zero-order valence-electron chi connectivity index (χ0n) is 13.6. The van der Waals surface area contributed by atoms with Crippen LogP contribution in [-0.2, 0) is 0 Å². The van der Waals surface area contributed by atoms with Crippen molar-refractivity contribution >= 4 is 6.03 Å². The van der Waals surface area contributed by atoms with Gasteiger partial charge in [-0.2, -0.15) is 0 Å². The lowest BCUT2D eigenvalue weighted by atomic mass is 10.1. The highest BCUT2D eigenvalue weighted by Gasteiger charge is 2.16. The van der Waals surface area contributed by atoms with E-state index in [1.807, 2.05) is 30.3 Å². The number of carbonyl (C=O) groups excluding carboxylic acids is 1. The summed E-state index contributed by atoms with van der Waals surface area (Å²) in [6.45, 7) is 1.57. The zero-order valence-corrected chi connectivity index (χ0v) is 13.6. The molecule has 0 aliphatic rings. The second kappa shape index (κ2) is 8.31. The molecule has 2 aromatic carbocycles. The minimum absolute atomic E-state index is 0.124. The smallest absolute Gasteiger partial charge is 0.315 e. The van der Waals surface area contributed by atoms with Gasteiger partial charge in [0, 0.05) is 0 Å². The van der Waals surface area contributed by atoms with Gasteiger partial charge in [0.1, 0.15) is 0 Å². The van der Waals surface area contributed by atoms with E-state index in [1.54, 1.807) is 19.1 Å². The fourth-order valence-corrected chi connectivity index (χ4v) is 2.35. The van der Waals surface area contributed by atoms with Gasteiger partial charge in [0.15, 0.2) is 11.6 Å². The number of ether oxygens (including phenoxy) is 1. The van der Waals surface area contributed by atoms with Gasteiger partial charge >= 0.3 is 6.03 Å². The van der Waals surface area contributed by atoms with Gasteiger partial charge in [-0.05, 0) is 30.2 Å². The van der Waals surface area contributed by atoms with Crippen LogP contribution in [-0.4, -0.2) is 24.9 Å². The first kappa shape index (κ1) is 17.7. The minimum atomic E-state index is -0.499. The van der Waals surface area contributed by atoms with Crippen molar-refractivity contribution in [3.8, 4) is 5.75 Å². The molecule has 0 saturated heterocycles. The van der Waals surface area contributed by atoms with Crippen molar-refractivity contribution in [3.05, 3.63) is 65.5 Å². The molecule has 24 heavy (non-hydrogen) atoms. The average Bonchev–Trinajstić information content (AvgIpc) is 2.60. The van der Waals surface area contributed by atoms with E-state index in [0.717, 1.165) is 5.56 Å². The number of hydrogen-bond donors (Lipinski definition) is 3. The lowest BCUT2D eigenvalue weighted by Gasteiger charge is -2.20. The third kappa shape index (κ3) is 4.45. The van der Waals surface area contributed by atoms with Crippen LogP contribution in [0.5, 0.6) is 5.75 Å². The maximum Gasteiger partial charge on any atom is 0.315 e. The largest absolute Gasteiger partial charge is 0.494 e. The van der Waals surface area contributed by atoms with Gasteiger partial charge in [0.2, 0.25) is 0 Å². The van der Waals surface area contributed by atoms with Gasteiger partial charge in [-0.1, -0.05) is 36.4 Å². The van der Waals surface area contributed by atoms with Crippen LogP contribution in [0.15, 0.2) is 48.5 Å². The SMILES string of the molecule is COc1cc(C(C)NC(=O)N[C@H](CO)c2ccccc2)ccc1F. The van der Waals surface area contributed by atoms with Crippen LogP contribution in [0.2, 0.25) is 0 Å². The zero-order chi connectivity index (χ0) is 17.5. The Hall–Kier alpha value is -2.60. The van der Waals surface area contributed by atoms with Crippen LogP contribution < -0.4 is 15.4 Å². The number of benzene rings is 2. The number of methoxy groups -OCH3 is 1. The summed E-state index contributed by atoms with van der Waals surface area (Å²) in [6, 6.07) is 12.3. The van der Waals surface area contributed by atoms with E-state index in [4.69, 9.17) is 4.74 Å². The summed E-state index contributed by atoms with van der Waals surface area (Å²) in [4.78, 5) is 12.2. The van der Waals surface area contributed by atoms with E-state index in [0.29, 0.717) is 5.56 Å². The number of carbonyl (C=O) groups is 1. The predicted molar refractivity (Wildman–Crippen MR) is 89.3 cm³/mol. The van der Waals surface area contributed by atoms with Crippen LogP contribution in [0.4, 0.5) is 9.18 Å². The maximum absolute atomic E-state index is 13.4. The van der Waals surface area contributed by atoms with E-state index in [1.165, 1.54) is 13.2 Å². The molecular formula is C18H21FN2O3. The molecule has 0 aliphatic carbocycles. The van der Waals surface area contributed by atoms with Crippen molar-refractivity contribution in [1.29, 1.82) is 0 Å². The second-order valence-corrected chi connectivity index (χ2v) is 5.38. The molecule has 2 atom stereocenters. The van der Waals surface area contributed by atoms with Crippen molar-refractivity contribution < 1.29 is 19.0 Å². The molecular weight excluding hydrogens is 311 g/mol. The first-order chi connectivity index (χ1) is 11.5. The summed E-state index contributed by atoms with van der Waals surface area (Å²) in [6.07, 6.45) is 0. The van der Waals surface area contributed by atoms with E-state index in [9.17, 15) is 14.3 Å². The monoisotopic (exact) mass is 332 g/mol. The highest BCUT2D eigenvalue weighted by molar-refractivity contribution is 5.75. The fraction of sp³-hybridized carbons (Fsp3) is 0.278. The summed E-state index contributed by atoms with van der Waals surface area (Å²) in [5.41, 5.74) is 1.52. The Morgan fingerprint density at radius 3 is 2.50 bits per heavy atom. The third-order valence-corrected chi connectivity index (χ3v) is 3.71. The number of nitrogens with one attached hydrogen (secondary N) is 2. The molecule has 6 heteroatoms. The molecule has 0 aliphatic heterocycles. The summed E-state index contributed by atoms with van der Waals surface area (Å²) in [5.74, 6) is -0.332. The van der Waals surface area contributed by atoms with E-state index in [-0.39, 0.29) is 18.4 Å². The first-order valence-electron chi connectivity index (χ1n) is 7.61. The van der Waals surface area contributed by atoms with Gasteiger partial charge < -0.3 is 20.5 Å². The molecule has 0 heterocycles. The van der Waals surface area contributed by atoms with Crippen LogP contribution in [0.1, 0.15) is 30.1 Å². The molecule has 3 N–H and O–H groups in total. The molecule has 128 valence electrons. The minimum Gasteiger partial charge on any atom is -0.494 e. The topological polar surface area (TPSA) is 70.6 Å². The van der Waals surface area contributed by atoms with Crippen LogP contribution in [0, 0.1) is 5.82 Å². The van der Waals surface area contributed by atoms with Gasteiger partial charge in [-0.15, -0.1) is 0 Å². The predicted octanol–water partition coefficient (Wildman–Crippen LogP) is 2.93. The first-order valence-corrected chi connectivity index (χ1v) is 7.61. The molecule has 0 radical (unpaired) electrons. The molecule has 0 aromatic heterocycles. The molecule has 0 bridgehead atoms. The average molecular weight is 332 g/mol. The number of urea groups is 1. The molecule has 0 saturated carbocycles. The van der Waals surface area contributed by atoms with E-state index in [2.05, 4.69) is 10.6 Å². The summed E-state index contributed by atoms with van der Waals surface area (Å²) >= 11 is 0. The Bertz CT molecular complexity index is 679. The van der Waals surface area contributed by atoms with Crippen LogP contribution in [0.3, 0.4) is 0 Å². The lowest BCUT2D eigenvalue weighted by Crippen LogP contribution is -2.40. The lowest BCUT2D eigenvalue weighted by molar-refractivity contribution is 0.214. The van der Waals surface area contributed by atoms with E-state index >= 15 is 0 Å². The van der Waals surface area contributed by atoms with E-state index < -0.39 is 17.9 Å². The van der Waals surface area contributed by atoms with Gasteiger partial charge in [0.25, 0.3) is 0 Å². The Balaban J connectivity index is 2.00. The number of aliphatic hydroxyl groups excluding tert-OH is 1. The Labute approximate surface area is 140 Å². The number of halogens is 1. The fourth-order valence-electron chi connectivity index (χ4n) is 2.35. The summed E-state index contributed by atoms with van der Waals surface area (Å²) in [7, 11) is 1.39. The third-order valence-electron chi connectivity index (χ3n) is 3.71. The molecule has 1 unspecified atom stereocenters. The Kier molecular flexibility index (Phi) is 6.14. The van der Waals surface area contributed by atoms with Crippen molar-refractivity contribution in [1.82, 2.24) is 10.6 Å². The molecule has 0 spiro atoms. The summed E-state index contributed by atoms with van der Waals surface area (Å²) in [5, 5.41) is 15.0. The highest BCUT2D eigenvalue weighted by Crippen LogP contribution is 2.22. The summed E-state index contributed by atoms with van der Waals surface area (Å²) < 4.78 is 18.4. The van der Waals surface area contributed by atoms with Gasteiger partial charge in [0.05, 0.1) is 25.8 Å². The molecule has 2 amide bonds. The highest BCUT2D eigenvalue weighted by atomic mass is 19.1. The van der Waals surface area contributed by atoms with Crippen molar-refractivity contribution in [2.75, 3.05) is 13.7 Å². The van der Waals surface area contributed by atoms with Crippen molar-refractivity contribution in [2.24, 2.45) is 0 Å². The molecule has 2 rings (SSSR count). The normalized spacial score (nSPS) is 13.0. The van der Waals surface area contributed by atoms with Crippen molar-refractivity contribution in [3.63, 3.8) is 0 Å². The maximum atomic E-state index is 13.4. The van der Waals surface area contributed by atoms with Gasteiger partial charge in [-0.25, -0.2) is 9.18 Å². The van der Waals surface area contributed by atoms with Crippen LogP contribution in [0.25, 0.3) is 0 Å². The van der Waals surface area contributed by atoms with Crippen molar-refractivity contribution in [2.45, 2.75) is 19.0 Å². The Morgan fingerprint density at radius 2 is 1.88 bits per heavy atom. The molecule has 2 aromatic rings. The molecule has 5 nitrogen and oxygen atoms in total. The number of hydrogen-bond acceptors (Lipinski definition) is 3.